The van der Waals surface area contributed by atoms with Crippen molar-refractivity contribution in [1.82, 2.24) is 0 Å². The average Bonchev–Trinajstić information content (AvgIpc) is 2.69. The zero-order chi connectivity index (χ0) is 18.3. The van der Waals surface area contributed by atoms with E-state index in [9.17, 15) is 5.26 Å². The molecule has 0 aliphatic carbocycles. The van der Waals surface area contributed by atoms with Gasteiger partial charge in [0, 0.05) is 5.56 Å². The molecule has 1 aliphatic heterocycles. The van der Waals surface area contributed by atoms with E-state index in [1.165, 1.54) is 0 Å². The lowest BCUT2D eigenvalue weighted by Gasteiger charge is -2.37. The molecule has 1 N–H and O–H groups in total. The fourth-order valence-corrected chi connectivity index (χ4v) is 4.08. The van der Waals surface area contributed by atoms with E-state index in [4.69, 9.17) is 14.9 Å². The number of nitrogens with zero attached hydrogens (tertiary/aromatic N) is 1. The second-order valence-corrected chi connectivity index (χ2v) is 7.41. The Hall–Kier alpha value is -2.84. The summed E-state index contributed by atoms with van der Waals surface area (Å²) in [5.74, 6) is 0.780. The van der Waals surface area contributed by atoms with Gasteiger partial charge in [0.1, 0.15) is 11.5 Å². The van der Waals surface area contributed by atoms with Crippen LogP contribution >= 0.6 is 15.9 Å². The summed E-state index contributed by atoms with van der Waals surface area (Å²) in [6, 6.07) is 21.7. The molecule has 0 saturated heterocycles. The van der Waals surface area contributed by atoms with Crippen LogP contribution in [0.2, 0.25) is 0 Å². The molecule has 3 aromatic carbocycles. The highest BCUT2D eigenvalue weighted by Gasteiger charge is 2.50. The van der Waals surface area contributed by atoms with Gasteiger partial charge in [0.25, 0.3) is 0 Å². The van der Waals surface area contributed by atoms with Gasteiger partial charge in [-0.1, -0.05) is 58.4 Å². The molecule has 0 saturated carbocycles. The van der Waals surface area contributed by atoms with Gasteiger partial charge in [-0.25, -0.2) is 0 Å². The van der Waals surface area contributed by atoms with Gasteiger partial charge in [-0.05, 0) is 34.5 Å². The zero-order valence-electron chi connectivity index (χ0n) is 14.0. The number of rotatable bonds is 2. The van der Waals surface area contributed by atoms with Crippen molar-refractivity contribution in [2.45, 2.75) is 10.2 Å². The molecule has 5 heteroatoms. The smallest absolute Gasteiger partial charge is 0.219 e. The van der Waals surface area contributed by atoms with Crippen molar-refractivity contribution in [2.24, 2.45) is 0 Å². The summed E-state index contributed by atoms with van der Waals surface area (Å²) in [6.45, 7) is 0. The molecule has 0 radical (unpaired) electrons. The van der Waals surface area contributed by atoms with E-state index in [1.54, 1.807) is 7.11 Å². The summed E-state index contributed by atoms with van der Waals surface area (Å²) in [6.07, 6.45) is 0. The van der Waals surface area contributed by atoms with E-state index in [0.29, 0.717) is 11.5 Å². The highest BCUT2D eigenvalue weighted by Crippen LogP contribution is 2.51. The van der Waals surface area contributed by atoms with E-state index in [1.807, 2.05) is 60.7 Å². The SMILES string of the molecule is COc1cccc(C2c3c(ccc4ccccc34)OC(=N)C2(Br)C#N)c1. The first-order valence-electron chi connectivity index (χ1n) is 8.11. The van der Waals surface area contributed by atoms with Crippen molar-refractivity contribution in [2.75, 3.05) is 7.11 Å². The van der Waals surface area contributed by atoms with Crippen LogP contribution in [0.1, 0.15) is 17.0 Å². The van der Waals surface area contributed by atoms with Gasteiger partial charge in [-0.15, -0.1) is 0 Å². The molecule has 0 spiro atoms. The maximum atomic E-state index is 9.93. The van der Waals surface area contributed by atoms with Gasteiger partial charge in [0.15, 0.2) is 4.32 Å². The molecule has 4 nitrogen and oxygen atoms in total. The lowest BCUT2D eigenvalue weighted by molar-refractivity contribution is 0.413. The van der Waals surface area contributed by atoms with Gasteiger partial charge in [0.05, 0.1) is 19.1 Å². The van der Waals surface area contributed by atoms with Crippen molar-refractivity contribution in [3.05, 3.63) is 71.8 Å². The molecule has 1 aliphatic rings. The zero-order valence-corrected chi connectivity index (χ0v) is 15.6. The number of nitriles is 1. The highest BCUT2D eigenvalue weighted by molar-refractivity contribution is 9.10. The second kappa shape index (κ2) is 6.15. The van der Waals surface area contributed by atoms with Gasteiger partial charge in [-0.3, -0.25) is 5.41 Å². The van der Waals surface area contributed by atoms with Crippen LogP contribution in [0.15, 0.2) is 60.7 Å². The minimum atomic E-state index is -1.30. The summed E-state index contributed by atoms with van der Waals surface area (Å²) in [5.41, 5.74) is 1.78. The molecular formula is C21H15BrN2O2. The van der Waals surface area contributed by atoms with Gasteiger partial charge >= 0.3 is 0 Å². The Morgan fingerprint density at radius 2 is 1.96 bits per heavy atom. The number of hydrogen-bond acceptors (Lipinski definition) is 4. The van der Waals surface area contributed by atoms with Gasteiger partial charge < -0.3 is 9.47 Å². The summed E-state index contributed by atoms with van der Waals surface area (Å²) in [4.78, 5) is 0. The van der Waals surface area contributed by atoms with Crippen LogP contribution in [-0.2, 0) is 0 Å². The number of nitrogens with one attached hydrogen (secondary N) is 1. The van der Waals surface area contributed by atoms with Crippen molar-refractivity contribution >= 4 is 32.6 Å². The molecule has 1 heterocycles. The lowest BCUT2D eigenvalue weighted by atomic mass is 9.77. The maximum Gasteiger partial charge on any atom is 0.219 e. The topological polar surface area (TPSA) is 66.1 Å². The minimum Gasteiger partial charge on any atom is -0.497 e. The predicted octanol–water partition coefficient (Wildman–Crippen LogP) is 5.01. The average molecular weight is 407 g/mol. The van der Waals surface area contributed by atoms with Crippen molar-refractivity contribution in [3.63, 3.8) is 0 Å². The Bertz CT molecular complexity index is 1070. The number of fused-ring (bicyclic) bond motifs is 3. The highest BCUT2D eigenvalue weighted by atomic mass is 79.9. The van der Waals surface area contributed by atoms with Crippen LogP contribution in [0.25, 0.3) is 10.8 Å². The first-order chi connectivity index (χ1) is 12.6. The summed E-state index contributed by atoms with van der Waals surface area (Å²) < 4.78 is 9.81. The largest absolute Gasteiger partial charge is 0.497 e. The molecule has 128 valence electrons. The Balaban J connectivity index is 2.08. The number of halogens is 1. The van der Waals surface area contributed by atoms with Crippen LogP contribution in [0.5, 0.6) is 11.5 Å². The minimum absolute atomic E-state index is 0.115. The fraction of sp³-hybridized carbons (Fsp3) is 0.143. The fourth-order valence-electron chi connectivity index (χ4n) is 3.51. The van der Waals surface area contributed by atoms with Crippen LogP contribution in [-0.4, -0.2) is 17.3 Å². The lowest BCUT2D eigenvalue weighted by Crippen LogP contribution is -2.44. The molecular weight excluding hydrogens is 392 g/mol. The van der Waals surface area contributed by atoms with Gasteiger partial charge in [-0.2, -0.15) is 5.26 Å². The van der Waals surface area contributed by atoms with Crippen LogP contribution < -0.4 is 9.47 Å². The van der Waals surface area contributed by atoms with Crippen LogP contribution in [0.3, 0.4) is 0 Å². The molecule has 4 rings (SSSR count). The first-order valence-corrected chi connectivity index (χ1v) is 8.90. The molecule has 0 fully saturated rings. The second-order valence-electron chi connectivity index (χ2n) is 6.16. The molecule has 2 atom stereocenters. The van der Waals surface area contributed by atoms with E-state index in [-0.39, 0.29) is 5.90 Å². The standard InChI is InChI=1S/C21H15BrN2O2/c1-25-15-7-4-6-14(11-15)19-18-16-8-3-2-5-13(16)9-10-17(18)26-20(24)21(19,22)12-23/h2-11,19,24H,1H3. The molecule has 26 heavy (non-hydrogen) atoms. The van der Waals surface area contributed by atoms with Crippen LogP contribution in [0.4, 0.5) is 0 Å². The maximum absolute atomic E-state index is 9.93. The van der Waals surface area contributed by atoms with E-state index >= 15 is 0 Å². The quantitative estimate of drug-likeness (QED) is 0.608. The summed E-state index contributed by atoms with van der Waals surface area (Å²) >= 11 is 3.51. The Morgan fingerprint density at radius 1 is 1.15 bits per heavy atom. The third-order valence-corrected chi connectivity index (χ3v) is 5.74. The molecule has 0 amide bonds. The monoisotopic (exact) mass is 406 g/mol. The molecule has 3 aromatic rings. The summed E-state index contributed by atoms with van der Waals surface area (Å²) in [5, 5.41) is 20.3. The van der Waals surface area contributed by atoms with Crippen LogP contribution in [0, 0.1) is 16.7 Å². The summed E-state index contributed by atoms with van der Waals surface area (Å²) in [7, 11) is 1.61. The number of alkyl halides is 1. The van der Waals surface area contributed by atoms with Gasteiger partial charge in [0.2, 0.25) is 5.90 Å². The normalized spacial score (nSPS) is 21.6. The first kappa shape index (κ1) is 16.6. The number of methoxy groups -OCH3 is 1. The number of ether oxygens (including phenoxy) is 2. The molecule has 0 bridgehead atoms. The third-order valence-electron chi connectivity index (χ3n) is 4.75. The third kappa shape index (κ3) is 2.38. The van der Waals surface area contributed by atoms with E-state index < -0.39 is 10.2 Å². The van der Waals surface area contributed by atoms with E-state index in [2.05, 4.69) is 22.0 Å². The number of benzene rings is 3. The predicted molar refractivity (Wildman–Crippen MR) is 104 cm³/mol. The van der Waals surface area contributed by atoms with E-state index in [0.717, 1.165) is 21.9 Å². The molecule has 0 aromatic heterocycles. The van der Waals surface area contributed by atoms with Crippen molar-refractivity contribution < 1.29 is 9.47 Å². The van der Waals surface area contributed by atoms with Crippen molar-refractivity contribution in [1.29, 1.82) is 10.7 Å². The number of hydrogen-bond donors (Lipinski definition) is 1. The Morgan fingerprint density at radius 3 is 2.73 bits per heavy atom. The Kier molecular flexibility index (Phi) is 3.93. The Labute approximate surface area is 159 Å². The molecule has 2 unspecified atom stereocenters. The van der Waals surface area contributed by atoms with Crippen molar-refractivity contribution in [3.8, 4) is 17.6 Å².